The van der Waals surface area contributed by atoms with Gasteiger partial charge in [0.1, 0.15) is 28.7 Å². The van der Waals surface area contributed by atoms with Gasteiger partial charge in [-0.3, -0.25) is 9.59 Å². The van der Waals surface area contributed by atoms with Crippen LogP contribution in [-0.4, -0.2) is 80.4 Å². The van der Waals surface area contributed by atoms with E-state index in [1.54, 1.807) is 72.8 Å². The highest BCUT2D eigenvalue weighted by Crippen LogP contribution is 2.44. The van der Waals surface area contributed by atoms with Gasteiger partial charge in [0.25, 0.3) is 0 Å². The molecule has 0 aliphatic heterocycles. The van der Waals surface area contributed by atoms with Gasteiger partial charge in [0.2, 0.25) is 0 Å². The van der Waals surface area contributed by atoms with Crippen molar-refractivity contribution in [2.45, 2.75) is 167 Å². The molecule has 16 heteroatoms. The summed E-state index contributed by atoms with van der Waals surface area (Å²) in [6.07, 6.45) is 22.1. The first-order valence-corrected chi connectivity index (χ1v) is 37.2. The third-order valence-electron chi connectivity index (χ3n) is 19.4. The van der Waals surface area contributed by atoms with Gasteiger partial charge in [0.05, 0.1) is 67.1 Å². The first kappa shape index (κ1) is 78.5. The molecular weight excluding hydrogens is 1320 g/mol. The Morgan fingerprint density at radius 3 is 1.37 bits per heavy atom. The molecule has 0 unspecified atom stereocenters. The minimum Gasteiger partial charge on any atom is -0.494 e. The van der Waals surface area contributed by atoms with Crippen LogP contribution in [-0.2, 0) is 38.1 Å². The van der Waals surface area contributed by atoms with Crippen LogP contribution in [0.5, 0.6) is 28.7 Å². The predicted molar refractivity (Wildman–Crippen MR) is 400 cm³/mol. The van der Waals surface area contributed by atoms with E-state index >= 15 is 0 Å². The number of carbonyl (C=O) groups is 7. The maximum atomic E-state index is 14.1. The lowest BCUT2D eigenvalue weighted by molar-refractivity contribution is -0.152. The molecule has 0 N–H and O–H groups in total. The van der Waals surface area contributed by atoms with E-state index in [0.717, 1.165) is 105 Å². The lowest BCUT2D eigenvalue weighted by Gasteiger charge is -2.40. The van der Waals surface area contributed by atoms with E-state index in [2.05, 4.69) is 62.5 Å². The Hall–Kier alpha value is -10.6. The molecule has 0 saturated heterocycles. The summed E-state index contributed by atoms with van der Waals surface area (Å²) in [5.74, 6) is 19.7. The van der Waals surface area contributed by atoms with Gasteiger partial charge in [0, 0.05) is 34.4 Å². The van der Waals surface area contributed by atoms with Crippen molar-refractivity contribution >= 4 is 41.8 Å². The second kappa shape index (κ2) is 41.6. The molecule has 16 nitrogen and oxygen atoms in total. The van der Waals surface area contributed by atoms with Crippen LogP contribution in [0.25, 0.3) is 0 Å². The van der Waals surface area contributed by atoms with Crippen LogP contribution in [0.4, 0.5) is 0 Å². The van der Waals surface area contributed by atoms with Crippen LogP contribution in [0, 0.1) is 65.1 Å². The molecule has 105 heavy (non-hydrogen) atoms. The maximum Gasteiger partial charge on any atom is 0.343 e. The van der Waals surface area contributed by atoms with Gasteiger partial charge >= 0.3 is 41.8 Å². The zero-order valence-electron chi connectivity index (χ0n) is 60.6. The second-order valence-electron chi connectivity index (χ2n) is 27.3. The molecule has 6 aromatic rings. The monoisotopic (exact) mass is 1420 g/mol. The minimum atomic E-state index is -1.00. The van der Waals surface area contributed by atoms with Crippen LogP contribution in [0.1, 0.15) is 220 Å². The Balaban J connectivity index is 0.810. The topological polar surface area (TPSA) is 203 Å². The first-order valence-electron chi connectivity index (χ1n) is 37.2. The van der Waals surface area contributed by atoms with Crippen LogP contribution in [0.2, 0.25) is 0 Å². The zero-order valence-corrected chi connectivity index (χ0v) is 60.6. The highest BCUT2D eigenvalue weighted by molar-refractivity contribution is 5.94. The molecule has 0 bridgehead atoms. The van der Waals surface area contributed by atoms with Gasteiger partial charge in [-0.05, 0) is 279 Å². The van der Waals surface area contributed by atoms with E-state index in [9.17, 15) is 33.6 Å². The maximum absolute atomic E-state index is 14.1. The number of hydrogen-bond donors (Lipinski definition) is 0. The van der Waals surface area contributed by atoms with Crippen LogP contribution in [0.15, 0.2) is 165 Å². The second-order valence-corrected chi connectivity index (χ2v) is 27.3. The van der Waals surface area contributed by atoms with Crippen LogP contribution >= 0.6 is 0 Å². The van der Waals surface area contributed by atoms with Crippen molar-refractivity contribution in [3.63, 3.8) is 0 Å². The average molecular weight is 1420 g/mol. The number of unbranched alkanes of at least 4 members (excludes halogenated alkanes) is 8. The van der Waals surface area contributed by atoms with Gasteiger partial charge < -0.3 is 42.6 Å². The fourth-order valence-corrected chi connectivity index (χ4v) is 13.1. The fourth-order valence-electron chi connectivity index (χ4n) is 13.1. The molecule has 0 aromatic heterocycles. The van der Waals surface area contributed by atoms with Crippen molar-refractivity contribution in [1.82, 2.24) is 0 Å². The summed E-state index contributed by atoms with van der Waals surface area (Å²) in [5.41, 5.74) is 2.98. The molecule has 0 radical (unpaired) electrons. The molecule has 3 aliphatic rings. The predicted octanol–water partition coefficient (Wildman–Crippen LogP) is 17.7. The molecule has 0 amide bonds. The number of hydrogen-bond acceptors (Lipinski definition) is 16. The van der Waals surface area contributed by atoms with Crippen molar-refractivity contribution in [2.24, 2.45) is 29.6 Å². The van der Waals surface area contributed by atoms with E-state index in [1.165, 1.54) is 43.9 Å². The van der Waals surface area contributed by atoms with Crippen molar-refractivity contribution in [3.05, 3.63) is 209 Å². The Labute approximate surface area is 618 Å². The highest BCUT2D eigenvalue weighted by Gasteiger charge is 2.41. The quantitative estimate of drug-likeness (QED) is 0.00962. The number of benzene rings is 6. The standard InChI is InChI=1S/C89H96O16/c1-5-8-9-13-58-98-78-47-49-80(50-48-78)103-87(95)76-42-51-81(104-86(94)73-38-43-77(44-39-73)97-59-14-10-11-15-60-99-82(90)6-2)75(63-76)33-30-67-24-22-65(23-25-67)20-21-66-26-28-68(29-27-66)52-55-89(56-53-70(54-57-89)69-31-18-64(4)19-32-69)105-88(96)74-40-45-79(46-41-74)102-85(93)72-36-34-71(35-37-72)84(92)101-62-17-12-16-61-100-83(91)7-3/h6-7,22-29,38-51,63-64,69-72H,2-3,5,8-19,31-32,34-37,53-54,56-62H2,1,4H3. The Bertz CT molecular complexity index is 4070. The lowest BCUT2D eigenvalue weighted by atomic mass is 9.68. The molecule has 3 aliphatic carbocycles. The SMILES string of the molecule is C=CC(=O)OCCCCCCOc1ccc(C(=O)Oc2ccc(C(=O)Oc3ccc(OCCCCCC)cc3)cc2C#Cc2ccc(C#Cc3ccc(C#CC4(OC(=O)c5ccc(OC(=O)C6CCC(C(=O)OCCCCCOC(=O)C=C)CC6)cc5)CCC(C5CCC(C)CC5)CC4)cc3)cc2)cc1. The molecule has 548 valence electrons. The van der Waals surface area contributed by atoms with E-state index in [0.29, 0.717) is 124 Å². The highest BCUT2D eigenvalue weighted by atomic mass is 16.6. The van der Waals surface area contributed by atoms with Gasteiger partial charge in [-0.25, -0.2) is 24.0 Å². The average Bonchev–Trinajstić information content (AvgIpc) is 0.794. The third kappa shape index (κ3) is 25.9. The third-order valence-corrected chi connectivity index (χ3v) is 19.4. The molecule has 6 aromatic carbocycles. The van der Waals surface area contributed by atoms with Crippen molar-refractivity contribution in [3.8, 4) is 64.3 Å². The van der Waals surface area contributed by atoms with Crippen molar-refractivity contribution in [1.29, 1.82) is 0 Å². The molecular formula is C89H96O16. The molecule has 0 spiro atoms. The molecule has 9 rings (SSSR count). The molecule has 3 saturated carbocycles. The summed E-state index contributed by atoms with van der Waals surface area (Å²) in [4.78, 5) is 89.9. The van der Waals surface area contributed by atoms with E-state index in [4.69, 9.17) is 42.6 Å². The smallest absolute Gasteiger partial charge is 0.343 e. The van der Waals surface area contributed by atoms with Gasteiger partial charge in [-0.1, -0.05) is 88.7 Å². The number of esters is 7. The Morgan fingerprint density at radius 1 is 0.410 bits per heavy atom. The van der Waals surface area contributed by atoms with Gasteiger partial charge in [-0.2, -0.15) is 0 Å². The van der Waals surface area contributed by atoms with Crippen LogP contribution < -0.4 is 23.7 Å². The number of carbonyl (C=O) groups excluding carboxylic acids is 7. The molecule has 0 heterocycles. The minimum absolute atomic E-state index is 0.142. The van der Waals surface area contributed by atoms with Gasteiger partial charge in [0.15, 0.2) is 5.60 Å². The lowest BCUT2D eigenvalue weighted by Crippen LogP contribution is -2.39. The number of rotatable bonds is 32. The summed E-state index contributed by atoms with van der Waals surface area (Å²) in [6, 6.07) is 39.6. The van der Waals surface area contributed by atoms with Crippen LogP contribution in [0.3, 0.4) is 0 Å². The summed E-state index contributed by atoms with van der Waals surface area (Å²) < 4.78 is 51.2. The van der Waals surface area contributed by atoms with Crippen molar-refractivity contribution < 1.29 is 76.2 Å². The van der Waals surface area contributed by atoms with Gasteiger partial charge in [-0.15, -0.1) is 0 Å². The zero-order chi connectivity index (χ0) is 74.0. The summed E-state index contributed by atoms with van der Waals surface area (Å²) in [6.45, 7) is 13.3. The Kier molecular flexibility index (Phi) is 31.1. The summed E-state index contributed by atoms with van der Waals surface area (Å²) in [7, 11) is 0. The Morgan fingerprint density at radius 2 is 0.829 bits per heavy atom. The number of ether oxygens (including phenoxy) is 9. The largest absolute Gasteiger partial charge is 0.494 e. The first-order chi connectivity index (χ1) is 51.1. The summed E-state index contributed by atoms with van der Waals surface area (Å²) in [5, 5.41) is 0. The molecule has 0 atom stereocenters. The fraction of sp³-hybridized carbons (Fsp3) is 0.404. The van der Waals surface area contributed by atoms with E-state index in [1.807, 2.05) is 48.5 Å². The van der Waals surface area contributed by atoms with E-state index in [-0.39, 0.29) is 52.8 Å². The van der Waals surface area contributed by atoms with E-state index < -0.39 is 35.4 Å². The molecule has 3 fully saturated rings. The van der Waals surface area contributed by atoms with Crippen molar-refractivity contribution in [2.75, 3.05) is 33.0 Å². The summed E-state index contributed by atoms with van der Waals surface area (Å²) >= 11 is 0. The normalized spacial score (nSPS) is 18.0.